The van der Waals surface area contributed by atoms with E-state index in [2.05, 4.69) is 118 Å². The van der Waals surface area contributed by atoms with Crippen molar-refractivity contribution in [2.24, 2.45) is 0 Å². The molecular weight excluding hydrogens is 1010 g/mol. The topological polar surface area (TPSA) is 78.9 Å². The van der Waals surface area contributed by atoms with Gasteiger partial charge in [-0.1, -0.05) is 311 Å². The van der Waals surface area contributed by atoms with Crippen molar-refractivity contribution in [2.45, 2.75) is 354 Å². The SMILES string of the molecule is CC/C=C\C/C=C\C/C=C\C/C=C\C/C=C\CCCCCCCC(=O)OC(COC(=O)CCCCCCC/C=C\C/C=C\CCCC)COC(=O)CCCCCCCCCCCCCCCCCCC/C=C\CCCCCCCCCC. The quantitative estimate of drug-likeness (QED) is 0.0261. The number of unbranched alkanes of at least 4 members (excludes halogenated alkanes) is 37. The zero-order valence-corrected chi connectivity index (χ0v) is 54.2. The van der Waals surface area contributed by atoms with Gasteiger partial charge in [0.25, 0.3) is 0 Å². The molecule has 0 rings (SSSR count). The second kappa shape index (κ2) is 69.8. The van der Waals surface area contributed by atoms with E-state index in [0.717, 1.165) is 135 Å². The first-order valence-electron chi connectivity index (χ1n) is 35.2. The van der Waals surface area contributed by atoms with E-state index in [4.69, 9.17) is 14.2 Å². The highest BCUT2D eigenvalue weighted by Crippen LogP contribution is 2.17. The average Bonchev–Trinajstić information content (AvgIpc) is 3.47. The number of rotatable bonds is 64. The van der Waals surface area contributed by atoms with Gasteiger partial charge in [-0.15, -0.1) is 0 Å². The molecule has 6 nitrogen and oxygen atoms in total. The Kier molecular flexibility index (Phi) is 66.7. The van der Waals surface area contributed by atoms with E-state index in [9.17, 15) is 14.4 Å². The molecule has 6 heteroatoms. The van der Waals surface area contributed by atoms with Gasteiger partial charge in [0.1, 0.15) is 13.2 Å². The molecule has 0 amide bonds. The van der Waals surface area contributed by atoms with Gasteiger partial charge in [-0.25, -0.2) is 0 Å². The van der Waals surface area contributed by atoms with E-state index >= 15 is 0 Å². The van der Waals surface area contributed by atoms with E-state index in [1.807, 2.05) is 0 Å². The zero-order valence-electron chi connectivity index (χ0n) is 54.2. The molecule has 0 bridgehead atoms. The lowest BCUT2D eigenvalue weighted by atomic mass is 10.0. The van der Waals surface area contributed by atoms with E-state index in [0.29, 0.717) is 19.3 Å². The molecule has 472 valence electrons. The molecule has 0 N–H and O–H groups in total. The normalized spacial score (nSPS) is 12.7. The number of allylic oxidation sites excluding steroid dienone is 16. The van der Waals surface area contributed by atoms with Crippen LogP contribution >= 0.6 is 0 Å². The summed E-state index contributed by atoms with van der Waals surface area (Å²) in [6.45, 7) is 6.50. The molecule has 82 heavy (non-hydrogen) atoms. The number of hydrogen-bond acceptors (Lipinski definition) is 6. The number of ether oxygens (including phenoxy) is 3. The maximum Gasteiger partial charge on any atom is 0.306 e. The minimum Gasteiger partial charge on any atom is -0.462 e. The minimum atomic E-state index is -0.796. The largest absolute Gasteiger partial charge is 0.462 e. The van der Waals surface area contributed by atoms with Crippen molar-refractivity contribution in [1.29, 1.82) is 0 Å². The molecule has 0 aromatic rings. The van der Waals surface area contributed by atoms with Crippen LogP contribution in [0.1, 0.15) is 348 Å². The summed E-state index contributed by atoms with van der Waals surface area (Å²) in [5.41, 5.74) is 0. The molecular formula is C76H132O6. The zero-order chi connectivity index (χ0) is 59.2. The molecule has 0 aliphatic carbocycles. The van der Waals surface area contributed by atoms with Crippen molar-refractivity contribution in [1.82, 2.24) is 0 Å². The summed E-state index contributed by atoms with van der Waals surface area (Å²) in [6, 6.07) is 0. The Balaban J connectivity index is 4.29. The van der Waals surface area contributed by atoms with Crippen molar-refractivity contribution >= 4 is 17.9 Å². The highest BCUT2D eigenvalue weighted by Gasteiger charge is 2.19. The first-order valence-corrected chi connectivity index (χ1v) is 35.2. The Morgan fingerprint density at radius 1 is 0.256 bits per heavy atom. The van der Waals surface area contributed by atoms with E-state index in [-0.39, 0.29) is 31.1 Å². The molecule has 0 heterocycles. The van der Waals surface area contributed by atoms with Gasteiger partial charge in [-0.05, 0) is 116 Å². The Morgan fingerprint density at radius 3 is 0.793 bits per heavy atom. The third kappa shape index (κ3) is 67.1. The van der Waals surface area contributed by atoms with Gasteiger partial charge in [0.15, 0.2) is 6.10 Å². The number of carbonyl (C=O) groups is 3. The van der Waals surface area contributed by atoms with Crippen molar-refractivity contribution < 1.29 is 28.6 Å². The molecule has 0 aliphatic heterocycles. The van der Waals surface area contributed by atoms with E-state index < -0.39 is 6.10 Å². The third-order valence-electron chi connectivity index (χ3n) is 15.3. The lowest BCUT2D eigenvalue weighted by Crippen LogP contribution is -2.30. The van der Waals surface area contributed by atoms with Crippen LogP contribution in [-0.4, -0.2) is 37.2 Å². The summed E-state index contributed by atoms with van der Waals surface area (Å²) >= 11 is 0. The Morgan fingerprint density at radius 2 is 0.488 bits per heavy atom. The van der Waals surface area contributed by atoms with Gasteiger partial charge in [0.05, 0.1) is 0 Å². The predicted octanol–water partition coefficient (Wildman–Crippen LogP) is 24.4. The molecule has 0 spiro atoms. The summed E-state index contributed by atoms with van der Waals surface area (Å²) in [5, 5.41) is 0. The summed E-state index contributed by atoms with van der Waals surface area (Å²) in [6.07, 6.45) is 94.4. The molecule has 0 aromatic heterocycles. The van der Waals surface area contributed by atoms with E-state index in [1.54, 1.807) is 0 Å². The lowest BCUT2D eigenvalue weighted by Gasteiger charge is -2.18. The fourth-order valence-corrected chi connectivity index (χ4v) is 10.0. The van der Waals surface area contributed by atoms with Gasteiger partial charge in [-0.3, -0.25) is 14.4 Å². The van der Waals surface area contributed by atoms with Gasteiger partial charge < -0.3 is 14.2 Å². The first kappa shape index (κ1) is 78.3. The van der Waals surface area contributed by atoms with Crippen LogP contribution in [0.3, 0.4) is 0 Å². The lowest BCUT2D eigenvalue weighted by molar-refractivity contribution is -0.167. The first-order chi connectivity index (χ1) is 40.5. The van der Waals surface area contributed by atoms with Crippen molar-refractivity contribution in [3.63, 3.8) is 0 Å². The Bertz CT molecular complexity index is 1590. The summed E-state index contributed by atoms with van der Waals surface area (Å²) < 4.78 is 16.9. The molecule has 0 saturated heterocycles. The summed E-state index contributed by atoms with van der Waals surface area (Å²) in [7, 11) is 0. The van der Waals surface area contributed by atoms with Gasteiger partial charge in [0.2, 0.25) is 0 Å². The van der Waals surface area contributed by atoms with Gasteiger partial charge in [-0.2, -0.15) is 0 Å². The molecule has 1 atom stereocenters. The van der Waals surface area contributed by atoms with Gasteiger partial charge >= 0.3 is 17.9 Å². The minimum absolute atomic E-state index is 0.0883. The molecule has 0 aliphatic rings. The average molecular weight is 1140 g/mol. The summed E-state index contributed by atoms with van der Waals surface area (Å²) in [4.78, 5) is 38.4. The van der Waals surface area contributed by atoms with Crippen LogP contribution in [0, 0.1) is 0 Å². The van der Waals surface area contributed by atoms with E-state index in [1.165, 1.54) is 173 Å². The molecule has 1 unspecified atom stereocenters. The van der Waals surface area contributed by atoms with Crippen molar-refractivity contribution in [3.8, 4) is 0 Å². The number of esters is 3. The van der Waals surface area contributed by atoms with Crippen LogP contribution in [-0.2, 0) is 28.6 Å². The van der Waals surface area contributed by atoms with Crippen LogP contribution < -0.4 is 0 Å². The third-order valence-corrected chi connectivity index (χ3v) is 15.3. The fourth-order valence-electron chi connectivity index (χ4n) is 10.0. The maximum atomic E-state index is 12.9. The smallest absolute Gasteiger partial charge is 0.306 e. The van der Waals surface area contributed by atoms with Crippen LogP contribution in [0.5, 0.6) is 0 Å². The number of hydrogen-bond donors (Lipinski definition) is 0. The Hall–Kier alpha value is -3.67. The van der Waals surface area contributed by atoms with Crippen molar-refractivity contribution in [3.05, 3.63) is 97.2 Å². The van der Waals surface area contributed by atoms with Crippen LogP contribution in [0.4, 0.5) is 0 Å². The second-order valence-electron chi connectivity index (χ2n) is 23.4. The number of carbonyl (C=O) groups excluding carboxylic acids is 3. The molecule has 0 saturated carbocycles. The summed E-state index contributed by atoms with van der Waals surface area (Å²) in [5.74, 6) is -0.908. The van der Waals surface area contributed by atoms with Crippen LogP contribution in [0.15, 0.2) is 97.2 Å². The highest BCUT2D eigenvalue weighted by atomic mass is 16.6. The molecule has 0 radical (unpaired) electrons. The predicted molar refractivity (Wildman–Crippen MR) is 357 cm³/mol. The van der Waals surface area contributed by atoms with Crippen molar-refractivity contribution in [2.75, 3.05) is 13.2 Å². The standard InChI is InChI=1S/C76H132O6/c1-4-7-10-13-16-19-22-25-28-30-32-34-35-36-37-38-39-40-41-43-44-46-48-51-54-57-60-63-66-69-75(78)81-72-73(71-80-74(77)68-65-62-59-56-53-50-27-24-21-18-15-12-9-6-3)82-76(79)70-67-64-61-58-55-52-49-47-45-42-33-31-29-26-23-20-17-14-11-8-5-2/h8,11,15,17-18,20,24,26-27,29-30,32-33,42,47,49,73H,4-7,9-10,12-14,16,19,21-23,25,28,31,34-41,43-46,48,50-72H2,1-3H3/b11-8-,18-15-,20-17-,27-24-,29-26-,32-30-,42-33-,49-47-. The monoisotopic (exact) mass is 1140 g/mol. The molecule has 0 aromatic carbocycles. The second-order valence-corrected chi connectivity index (χ2v) is 23.4. The van der Waals surface area contributed by atoms with Crippen LogP contribution in [0.25, 0.3) is 0 Å². The van der Waals surface area contributed by atoms with Crippen LogP contribution in [0.2, 0.25) is 0 Å². The Labute approximate surface area is 508 Å². The fraction of sp³-hybridized carbons (Fsp3) is 0.750. The highest BCUT2D eigenvalue weighted by molar-refractivity contribution is 5.71. The maximum absolute atomic E-state index is 12.9. The molecule has 0 fully saturated rings. The van der Waals surface area contributed by atoms with Gasteiger partial charge in [0, 0.05) is 19.3 Å².